The molecule has 0 aliphatic heterocycles. The molecule has 0 heterocycles. The average Bonchev–Trinajstić information content (AvgIpc) is 3.49. The van der Waals surface area contributed by atoms with E-state index >= 15 is 0 Å². The number of rotatable bonds is 40. The fourth-order valence-corrected chi connectivity index (χ4v) is 8.02. The van der Waals surface area contributed by atoms with E-state index in [0.717, 1.165) is 38.5 Å². The lowest BCUT2D eigenvalue weighted by molar-refractivity contribution is -0.161. The van der Waals surface area contributed by atoms with Crippen LogP contribution in [0, 0.1) is 11.8 Å². The van der Waals surface area contributed by atoms with Crippen LogP contribution in [0.25, 0.3) is 0 Å². The highest BCUT2D eigenvalue weighted by Gasteiger charge is 2.39. The molecule has 0 radical (unpaired) electrons. The number of esters is 2. The number of hydrogen-bond donors (Lipinski definition) is 4. The van der Waals surface area contributed by atoms with Crippen molar-refractivity contribution in [2.24, 2.45) is 17.6 Å². The van der Waals surface area contributed by atoms with Crippen LogP contribution >= 0.6 is 7.82 Å². The maximum Gasteiger partial charge on any atom is 0.472 e. The van der Waals surface area contributed by atoms with E-state index in [-0.39, 0.29) is 56.6 Å². The molecule has 6 atom stereocenters. The normalized spacial score (nSPS) is 19.1. The summed E-state index contributed by atoms with van der Waals surface area (Å²) in [6, 6.07) is 0. The molecule has 60 heavy (non-hydrogen) atoms. The van der Waals surface area contributed by atoms with Crippen LogP contribution in [0.5, 0.6) is 0 Å². The van der Waals surface area contributed by atoms with Gasteiger partial charge in [0.1, 0.15) is 12.4 Å². The summed E-state index contributed by atoms with van der Waals surface area (Å²) in [5.74, 6) is -1.74. The number of hydrogen-bond acceptors (Lipinski definition) is 11. The highest BCUT2D eigenvalue weighted by atomic mass is 31.2. The Morgan fingerprint density at radius 1 is 0.750 bits per heavy atom. The summed E-state index contributed by atoms with van der Waals surface area (Å²) < 4.78 is 32.8. The van der Waals surface area contributed by atoms with E-state index < -0.39 is 44.7 Å². The minimum absolute atomic E-state index is 0.00221. The standard InChI is InChI=1S/C47H84NO11P/c1-3-5-7-8-9-10-11-12-13-14-15-16-17-18-19-20-21-22-28-32-47(53)59-41(39-58-60(54,55)57-36-35-48)38-56-46(52)31-27-24-23-26-30-42-43(45(51)37-44(42)50)34-33-40(49)29-25-6-4-2/h12-13,23,26,33-34,40-43,45,49,51H,3-11,14-22,24-25,27-32,35-39,48H2,1-2H3,(H,54,55)/b13-12-,26-23-,34-33+/t40-,41+,42+,43+,45+/m0/s1. The smallest absolute Gasteiger partial charge is 0.462 e. The quantitative estimate of drug-likeness (QED) is 0.0197. The van der Waals surface area contributed by atoms with E-state index in [1.54, 1.807) is 12.2 Å². The predicted molar refractivity (Wildman–Crippen MR) is 239 cm³/mol. The van der Waals surface area contributed by atoms with Crippen LogP contribution in [0.3, 0.4) is 0 Å². The topological polar surface area (TPSA) is 192 Å². The molecular weight excluding hydrogens is 785 g/mol. The van der Waals surface area contributed by atoms with Gasteiger partial charge in [-0.2, -0.15) is 0 Å². The van der Waals surface area contributed by atoms with Gasteiger partial charge in [0.05, 0.1) is 25.4 Å². The monoisotopic (exact) mass is 870 g/mol. The molecule has 348 valence electrons. The number of aliphatic hydroxyl groups excluding tert-OH is 2. The van der Waals surface area contributed by atoms with Gasteiger partial charge in [-0.3, -0.25) is 23.4 Å². The number of aliphatic hydroxyl groups is 2. The van der Waals surface area contributed by atoms with Crippen molar-refractivity contribution >= 4 is 25.5 Å². The molecular formula is C47H84NO11P. The lowest BCUT2D eigenvalue weighted by Gasteiger charge is -2.19. The average molecular weight is 870 g/mol. The highest BCUT2D eigenvalue weighted by molar-refractivity contribution is 7.47. The summed E-state index contributed by atoms with van der Waals surface area (Å²) in [7, 11) is -4.45. The number of ether oxygens (including phenoxy) is 2. The second kappa shape index (κ2) is 37.4. The van der Waals surface area contributed by atoms with Crippen molar-refractivity contribution in [2.45, 2.75) is 206 Å². The van der Waals surface area contributed by atoms with E-state index in [1.807, 2.05) is 12.2 Å². The second-order valence-electron chi connectivity index (χ2n) is 16.4. The molecule has 0 aromatic heterocycles. The molecule has 1 aliphatic rings. The Labute approximate surface area is 363 Å². The van der Waals surface area contributed by atoms with Crippen LogP contribution in [-0.2, 0) is 37.5 Å². The summed E-state index contributed by atoms with van der Waals surface area (Å²) in [5.41, 5.74) is 5.35. The Morgan fingerprint density at radius 2 is 1.30 bits per heavy atom. The SMILES string of the molecule is CCCCCCCC/C=C\CCCCCCCCCCCC(=O)O[C@H](COC(=O)CCC/C=C\C[C@H]1C(=O)C[C@@H](O)[C@@H]1/C=C/[C@@H](O)CCCCC)COP(=O)(O)OCCN. The largest absolute Gasteiger partial charge is 0.472 e. The molecule has 0 amide bonds. The molecule has 1 unspecified atom stereocenters. The maximum absolute atomic E-state index is 12.7. The van der Waals surface area contributed by atoms with Crippen molar-refractivity contribution in [3.63, 3.8) is 0 Å². The van der Waals surface area contributed by atoms with Crippen LogP contribution in [0.4, 0.5) is 0 Å². The molecule has 0 aromatic rings. The summed E-state index contributed by atoms with van der Waals surface area (Å²) in [6.07, 6.45) is 35.3. The summed E-state index contributed by atoms with van der Waals surface area (Å²) in [6.45, 7) is 3.33. The number of Topliss-reactive ketones (excluding diaryl/α,β-unsaturated/α-hetero) is 1. The molecule has 0 aromatic carbocycles. The summed E-state index contributed by atoms with van der Waals surface area (Å²) in [5, 5.41) is 20.7. The first-order valence-electron chi connectivity index (χ1n) is 23.6. The summed E-state index contributed by atoms with van der Waals surface area (Å²) in [4.78, 5) is 47.7. The number of nitrogens with two attached hydrogens (primary N) is 1. The fraction of sp³-hybridized carbons (Fsp3) is 0.809. The molecule has 1 saturated carbocycles. The first-order chi connectivity index (χ1) is 29.0. The Balaban J connectivity index is 2.35. The van der Waals surface area contributed by atoms with Gasteiger partial charge in [-0.25, -0.2) is 4.57 Å². The van der Waals surface area contributed by atoms with E-state index in [1.165, 1.54) is 83.5 Å². The Morgan fingerprint density at radius 3 is 1.93 bits per heavy atom. The zero-order valence-corrected chi connectivity index (χ0v) is 38.3. The maximum atomic E-state index is 12.7. The number of carbonyl (C=O) groups excluding carboxylic acids is 3. The van der Waals surface area contributed by atoms with Crippen molar-refractivity contribution in [1.29, 1.82) is 0 Å². The minimum Gasteiger partial charge on any atom is -0.462 e. The molecule has 0 spiro atoms. The molecule has 13 heteroatoms. The zero-order valence-electron chi connectivity index (χ0n) is 37.4. The first kappa shape index (κ1) is 55.8. The Kier molecular flexibility index (Phi) is 34.8. The summed E-state index contributed by atoms with van der Waals surface area (Å²) >= 11 is 0. The molecule has 5 N–H and O–H groups in total. The third kappa shape index (κ3) is 30.8. The van der Waals surface area contributed by atoms with Crippen molar-refractivity contribution in [3.05, 3.63) is 36.5 Å². The van der Waals surface area contributed by atoms with Crippen molar-refractivity contribution in [1.82, 2.24) is 0 Å². The van der Waals surface area contributed by atoms with Gasteiger partial charge in [-0.1, -0.05) is 147 Å². The lowest BCUT2D eigenvalue weighted by Crippen LogP contribution is -2.29. The van der Waals surface area contributed by atoms with Crippen LogP contribution in [-0.4, -0.2) is 77.5 Å². The van der Waals surface area contributed by atoms with Gasteiger partial charge >= 0.3 is 19.8 Å². The predicted octanol–water partition coefficient (Wildman–Crippen LogP) is 10.3. The number of phosphoric ester groups is 1. The van der Waals surface area contributed by atoms with E-state index in [4.69, 9.17) is 24.3 Å². The van der Waals surface area contributed by atoms with E-state index in [9.17, 15) is 34.1 Å². The zero-order chi connectivity index (χ0) is 44.1. The lowest BCUT2D eigenvalue weighted by atomic mass is 9.90. The van der Waals surface area contributed by atoms with Crippen LogP contribution in [0.2, 0.25) is 0 Å². The van der Waals surface area contributed by atoms with Crippen LogP contribution in [0.15, 0.2) is 36.5 Å². The van der Waals surface area contributed by atoms with Crippen molar-refractivity contribution in [3.8, 4) is 0 Å². The van der Waals surface area contributed by atoms with Crippen LogP contribution < -0.4 is 5.73 Å². The van der Waals surface area contributed by atoms with Gasteiger partial charge in [0, 0.05) is 37.6 Å². The molecule has 12 nitrogen and oxygen atoms in total. The van der Waals surface area contributed by atoms with Crippen LogP contribution in [0.1, 0.15) is 187 Å². The molecule has 1 aliphatic carbocycles. The second-order valence-corrected chi connectivity index (χ2v) is 17.9. The number of allylic oxidation sites excluding steroid dienone is 4. The van der Waals surface area contributed by atoms with Gasteiger partial charge in [-0.05, 0) is 57.8 Å². The Bertz CT molecular complexity index is 1240. The van der Waals surface area contributed by atoms with Crippen molar-refractivity contribution in [2.75, 3.05) is 26.4 Å². The number of carbonyl (C=O) groups is 3. The van der Waals surface area contributed by atoms with E-state index in [0.29, 0.717) is 32.1 Å². The van der Waals surface area contributed by atoms with Crippen molar-refractivity contribution < 1.29 is 52.6 Å². The van der Waals surface area contributed by atoms with Gasteiger partial charge in [0.15, 0.2) is 6.10 Å². The molecule has 1 fully saturated rings. The van der Waals surface area contributed by atoms with Gasteiger partial charge in [0.25, 0.3) is 0 Å². The third-order valence-corrected chi connectivity index (χ3v) is 11.9. The fourth-order valence-electron chi connectivity index (χ4n) is 7.26. The van der Waals surface area contributed by atoms with Gasteiger partial charge in [-0.15, -0.1) is 0 Å². The van der Waals surface area contributed by atoms with E-state index in [2.05, 4.69) is 26.0 Å². The van der Waals surface area contributed by atoms with Gasteiger partial charge in [0.2, 0.25) is 0 Å². The molecule has 0 bridgehead atoms. The van der Waals surface area contributed by atoms with Gasteiger partial charge < -0.3 is 30.3 Å². The number of unbranched alkanes of at least 4 members (excludes halogenated alkanes) is 18. The number of ketones is 1. The number of phosphoric acid groups is 1. The minimum atomic E-state index is -4.45. The molecule has 0 saturated heterocycles. The first-order valence-corrected chi connectivity index (χ1v) is 25.1. The Hall–Kier alpha value is -2.18. The third-order valence-electron chi connectivity index (χ3n) is 10.9. The highest BCUT2D eigenvalue weighted by Crippen LogP contribution is 2.43. The molecule has 1 rings (SSSR count).